The smallest absolute Gasteiger partial charge is 0.220 e. The van der Waals surface area contributed by atoms with Gasteiger partial charge in [0.15, 0.2) is 0 Å². The number of rotatable bonds is 4. The Morgan fingerprint density at radius 3 is 2.75 bits per heavy atom. The predicted octanol–water partition coefficient (Wildman–Crippen LogP) is 0.511. The van der Waals surface area contributed by atoms with Crippen molar-refractivity contribution in [1.29, 1.82) is 0 Å². The molecule has 3 nitrogen and oxygen atoms in total. The number of hydrogen-bond donors (Lipinski definition) is 2. The van der Waals surface area contributed by atoms with Crippen LogP contribution in [0.5, 0.6) is 0 Å². The Bertz CT molecular complexity index is 155. The van der Waals surface area contributed by atoms with Crippen molar-refractivity contribution in [3.63, 3.8) is 0 Å². The van der Waals surface area contributed by atoms with E-state index in [0.717, 1.165) is 19.5 Å². The van der Waals surface area contributed by atoms with Crippen LogP contribution in [0, 0.1) is 5.92 Å². The van der Waals surface area contributed by atoms with Crippen molar-refractivity contribution in [3.05, 3.63) is 0 Å². The van der Waals surface area contributed by atoms with Gasteiger partial charge >= 0.3 is 0 Å². The Labute approximate surface area is 73.9 Å². The lowest BCUT2D eigenvalue weighted by Gasteiger charge is -2.33. The third-order valence-electron chi connectivity index (χ3n) is 2.39. The van der Waals surface area contributed by atoms with Gasteiger partial charge in [-0.05, 0) is 13.3 Å². The van der Waals surface area contributed by atoms with E-state index in [1.165, 1.54) is 0 Å². The van der Waals surface area contributed by atoms with E-state index in [0.29, 0.717) is 18.4 Å². The first-order chi connectivity index (χ1) is 5.74. The molecule has 0 aromatic rings. The second-order valence-corrected chi connectivity index (χ2v) is 3.52. The Balaban J connectivity index is 2.15. The fraction of sp³-hybridized carbons (Fsp3) is 0.889. The van der Waals surface area contributed by atoms with E-state index < -0.39 is 0 Å². The summed E-state index contributed by atoms with van der Waals surface area (Å²) in [6.07, 6.45) is 1.59. The fourth-order valence-electron chi connectivity index (χ4n) is 1.34. The summed E-state index contributed by atoms with van der Waals surface area (Å²) in [5, 5.41) is 6.20. The maximum Gasteiger partial charge on any atom is 0.220 e. The van der Waals surface area contributed by atoms with Gasteiger partial charge < -0.3 is 10.6 Å². The van der Waals surface area contributed by atoms with E-state index in [4.69, 9.17) is 0 Å². The summed E-state index contributed by atoms with van der Waals surface area (Å²) in [6.45, 7) is 6.20. The molecule has 1 heterocycles. The lowest BCUT2D eigenvalue weighted by Crippen LogP contribution is -2.53. The number of amides is 1. The lowest BCUT2D eigenvalue weighted by atomic mass is 9.95. The van der Waals surface area contributed by atoms with Gasteiger partial charge in [-0.1, -0.05) is 6.92 Å². The van der Waals surface area contributed by atoms with E-state index in [9.17, 15) is 4.79 Å². The molecule has 2 N–H and O–H groups in total. The Morgan fingerprint density at radius 1 is 1.67 bits per heavy atom. The van der Waals surface area contributed by atoms with Gasteiger partial charge in [0, 0.05) is 31.5 Å². The topological polar surface area (TPSA) is 41.1 Å². The number of carbonyl (C=O) groups is 1. The third kappa shape index (κ3) is 2.48. The first-order valence-corrected chi connectivity index (χ1v) is 4.74. The highest BCUT2D eigenvalue weighted by atomic mass is 16.1. The molecule has 12 heavy (non-hydrogen) atoms. The molecule has 0 aliphatic carbocycles. The van der Waals surface area contributed by atoms with Crippen LogP contribution in [0.15, 0.2) is 0 Å². The summed E-state index contributed by atoms with van der Waals surface area (Å²) < 4.78 is 0. The van der Waals surface area contributed by atoms with Crippen molar-refractivity contribution in [3.8, 4) is 0 Å². The Kier molecular flexibility index (Phi) is 3.53. The molecule has 0 bridgehead atoms. The van der Waals surface area contributed by atoms with Crippen molar-refractivity contribution in [2.75, 3.05) is 13.1 Å². The summed E-state index contributed by atoms with van der Waals surface area (Å²) in [5.74, 6) is 0.836. The largest absolute Gasteiger partial charge is 0.353 e. The molecular formula is C9H18N2O. The predicted molar refractivity (Wildman–Crippen MR) is 48.9 cm³/mol. The molecule has 0 saturated carbocycles. The van der Waals surface area contributed by atoms with Gasteiger partial charge in [0.05, 0.1) is 0 Å². The summed E-state index contributed by atoms with van der Waals surface area (Å²) in [6, 6.07) is 0.338. The third-order valence-corrected chi connectivity index (χ3v) is 2.39. The van der Waals surface area contributed by atoms with Crippen LogP contribution in [0.4, 0.5) is 0 Å². The molecule has 1 atom stereocenters. The zero-order chi connectivity index (χ0) is 8.97. The molecule has 0 aromatic heterocycles. The Morgan fingerprint density at radius 2 is 2.33 bits per heavy atom. The van der Waals surface area contributed by atoms with Crippen molar-refractivity contribution in [2.45, 2.75) is 32.7 Å². The summed E-state index contributed by atoms with van der Waals surface area (Å²) in [4.78, 5) is 11.2. The molecule has 1 aliphatic heterocycles. The minimum Gasteiger partial charge on any atom is -0.353 e. The van der Waals surface area contributed by atoms with Crippen LogP contribution in [0.2, 0.25) is 0 Å². The molecule has 3 heteroatoms. The normalized spacial score (nSPS) is 19.8. The second kappa shape index (κ2) is 4.45. The van der Waals surface area contributed by atoms with Gasteiger partial charge in [-0.25, -0.2) is 0 Å². The van der Waals surface area contributed by atoms with Crippen molar-refractivity contribution >= 4 is 5.91 Å². The number of hydrogen-bond acceptors (Lipinski definition) is 2. The highest BCUT2D eigenvalue weighted by molar-refractivity contribution is 5.76. The maximum atomic E-state index is 11.2. The lowest BCUT2D eigenvalue weighted by molar-refractivity contribution is -0.122. The van der Waals surface area contributed by atoms with Crippen molar-refractivity contribution < 1.29 is 4.79 Å². The van der Waals surface area contributed by atoms with Crippen LogP contribution in [-0.4, -0.2) is 25.0 Å². The molecule has 1 fully saturated rings. The van der Waals surface area contributed by atoms with Crippen LogP contribution < -0.4 is 10.6 Å². The van der Waals surface area contributed by atoms with E-state index in [-0.39, 0.29) is 5.91 Å². The number of nitrogens with one attached hydrogen (secondary N) is 2. The molecule has 0 aromatic carbocycles. The second-order valence-electron chi connectivity index (χ2n) is 3.52. The van der Waals surface area contributed by atoms with Gasteiger partial charge in [0.1, 0.15) is 0 Å². The van der Waals surface area contributed by atoms with Crippen molar-refractivity contribution in [1.82, 2.24) is 10.6 Å². The van der Waals surface area contributed by atoms with Gasteiger partial charge in [-0.3, -0.25) is 4.79 Å². The van der Waals surface area contributed by atoms with Gasteiger partial charge in [-0.15, -0.1) is 0 Å². The van der Waals surface area contributed by atoms with Crippen LogP contribution >= 0.6 is 0 Å². The Hall–Kier alpha value is -0.570. The average Bonchev–Trinajstić information content (AvgIpc) is 1.82. The minimum absolute atomic E-state index is 0.192. The summed E-state index contributed by atoms with van der Waals surface area (Å²) in [5.41, 5.74) is 0. The zero-order valence-corrected chi connectivity index (χ0v) is 7.89. The first-order valence-electron chi connectivity index (χ1n) is 4.74. The van der Waals surface area contributed by atoms with Crippen LogP contribution in [0.3, 0.4) is 0 Å². The van der Waals surface area contributed by atoms with Crippen molar-refractivity contribution in [2.24, 2.45) is 5.92 Å². The van der Waals surface area contributed by atoms with Crippen LogP contribution in [-0.2, 0) is 4.79 Å². The summed E-state index contributed by atoms with van der Waals surface area (Å²) >= 11 is 0. The SMILES string of the molecule is CCCC(=O)NC(C)C1CNC1. The molecule has 1 saturated heterocycles. The van der Waals surface area contributed by atoms with E-state index in [2.05, 4.69) is 17.6 Å². The van der Waals surface area contributed by atoms with E-state index in [1.54, 1.807) is 0 Å². The number of carbonyl (C=O) groups excluding carboxylic acids is 1. The average molecular weight is 170 g/mol. The quantitative estimate of drug-likeness (QED) is 0.645. The molecular weight excluding hydrogens is 152 g/mol. The van der Waals surface area contributed by atoms with Gasteiger partial charge in [0.2, 0.25) is 5.91 Å². The van der Waals surface area contributed by atoms with Crippen LogP contribution in [0.25, 0.3) is 0 Å². The van der Waals surface area contributed by atoms with Gasteiger partial charge in [0.25, 0.3) is 0 Å². The zero-order valence-electron chi connectivity index (χ0n) is 7.89. The highest BCUT2D eigenvalue weighted by Gasteiger charge is 2.24. The minimum atomic E-state index is 0.192. The summed E-state index contributed by atoms with van der Waals surface area (Å²) in [7, 11) is 0. The molecule has 1 amide bonds. The molecule has 1 unspecified atom stereocenters. The highest BCUT2D eigenvalue weighted by Crippen LogP contribution is 2.08. The molecule has 1 aliphatic rings. The monoisotopic (exact) mass is 170 g/mol. The standard InChI is InChI=1S/C9H18N2O/c1-3-4-9(12)11-7(2)8-5-10-6-8/h7-8,10H,3-6H2,1-2H3,(H,11,12). The van der Waals surface area contributed by atoms with Crippen LogP contribution in [0.1, 0.15) is 26.7 Å². The first kappa shape index (κ1) is 9.52. The fourth-order valence-corrected chi connectivity index (χ4v) is 1.34. The van der Waals surface area contributed by atoms with Gasteiger partial charge in [-0.2, -0.15) is 0 Å². The molecule has 70 valence electrons. The molecule has 1 rings (SSSR count). The maximum absolute atomic E-state index is 11.2. The molecule has 0 spiro atoms. The van der Waals surface area contributed by atoms with E-state index in [1.807, 2.05) is 6.92 Å². The van der Waals surface area contributed by atoms with E-state index >= 15 is 0 Å². The molecule has 0 radical (unpaired) electrons.